The van der Waals surface area contributed by atoms with E-state index in [4.69, 9.17) is 18.9 Å². The van der Waals surface area contributed by atoms with E-state index in [1.807, 2.05) is 20.8 Å². The van der Waals surface area contributed by atoms with Crippen molar-refractivity contribution < 1.29 is 38.1 Å². The van der Waals surface area contributed by atoms with Gasteiger partial charge in [-0.3, -0.25) is 19.2 Å². The fraction of sp³-hybridized carbons (Fsp3) is 0.826. The summed E-state index contributed by atoms with van der Waals surface area (Å²) in [7, 11) is 0. The Bertz CT molecular complexity index is 572. The average Bonchev–Trinajstić information content (AvgIpc) is 2.64. The first-order valence-corrected chi connectivity index (χ1v) is 11.0. The summed E-state index contributed by atoms with van der Waals surface area (Å²) in [4.78, 5) is 45.2. The molecule has 0 aromatic rings. The van der Waals surface area contributed by atoms with Crippen LogP contribution < -0.4 is 0 Å². The predicted molar refractivity (Wildman–Crippen MR) is 115 cm³/mol. The van der Waals surface area contributed by atoms with E-state index in [1.54, 1.807) is 0 Å². The number of ether oxygens (including phenoxy) is 4. The normalized spacial score (nSPS) is 14.8. The third-order valence-electron chi connectivity index (χ3n) is 5.13. The van der Waals surface area contributed by atoms with Crippen molar-refractivity contribution in [2.24, 2.45) is 17.8 Å². The van der Waals surface area contributed by atoms with Gasteiger partial charge in [-0.2, -0.15) is 0 Å². The van der Waals surface area contributed by atoms with Gasteiger partial charge in [-0.25, -0.2) is 0 Å². The van der Waals surface area contributed by atoms with E-state index < -0.39 is 0 Å². The average molecular weight is 445 g/mol. The maximum absolute atomic E-state index is 11.6. The summed E-state index contributed by atoms with van der Waals surface area (Å²) in [5, 5.41) is 0. The maximum atomic E-state index is 11.6. The third-order valence-corrected chi connectivity index (χ3v) is 5.13. The molecule has 0 spiro atoms. The molecule has 31 heavy (non-hydrogen) atoms. The monoisotopic (exact) mass is 444 g/mol. The molecule has 0 fully saturated rings. The van der Waals surface area contributed by atoms with Gasteiger partial charge in [-0.15, -0.1) is 0 Å². The van der Waals surface area contributed by atoms with Crippen LogP contribution >= 0.6 is 0 Å². The van der Waals surface area contributed by atoms with E-state index in [0.29, 0.717) is 25.7 Å². The van der Waals surface area contributed by atoms with Crippen molar-refractivity contribution in [3.63, 3.8) is 0 Å². The number of hydrogen-bond donors (Lipinski definition) is 0. The Morgan fingerprint density at radius 1 is 0.613 bits per heavy atom. The fourth-order valence-electron chi connectivity index (χ4n) is 3.34. The molecule has 0 amide bonds. The van der Waals surface area contributed by atoms with Crippen LogP contribution in [0.25, 0.3) is 0 Å². The molecule has 8 heteroatoms. The van der Waals surface area contributed by atoms with Crippen LogP contribution in [0.2, 0.25) is 0 Å². The smallest absolute Gasteiger partial charge is 0.302 e. The van der Waals surface area contributed by atoms with E-state index >= 15 is 0 Å². The second-order valence-corrected chi connectivity index (χ2v) is 8.47. The molecule has 8 nitrogen and oxygen atoms in total. The van der Waals surface area contributed by atoms with Gasteiger partial charge in [0.05, 0.1) is 13.2 Å². The fourth-order valence-corrected chi connectivity index (χ4v) is 3.34. The molecule has 0 saturated heterocycles. The second-order valence-electron chi connectivity index (χ2n) is 8.47. The largest absolute Gasteiger partial charge is 0.466 e. The Labute approximate surface area is 186 Å². The zero-order valence-corrected chi connectivity index (χ0v) is 20.1. The molecule has 0 saturated carbocycles. The summed E-state index contributed by atoms with van der Waals surface area (Å²) < 4.78 is 21.1. The highest BCUT2D eigenvalue weighted by atomic mass is 16.6. The van der Waals surface area contributed by atoms with E-state index in [9.17, 15) is 19.2 Å². The molecular formula is C23H40O8. The first-order valence-electron chi connectivity index (χ1n) is 11.0. The van der Waals surface area contributed by atoms with E-state index in [1.165, 1.54) is 27.7 Å². The van der Waals surface area contributed by atoms with Crippen molar-refractivity contribution in [1.82, 2.24) is 0 Å². The zero-order chi connectivity index (χ0) is 24.0. The van der Waals surface area contributed by atoms with E-state index in [0.717, 1.165) is 6.42 Å². The zero-order valence-electron chi connectivity index (χ0n) is 20.1. The third kappa shape index (κ3) is 15.3. The van der Waals surface area contributed by atoms with Crippen molar-refractivity contribution in [3.05, 3.63) is 0 Å². The minimum absolute atomic E-state index is 0.0158. The molecule has 4 unspecified atom stereocenters. The summed E-state index contributed by atoms with van der Waals surface area (Å²) in [6.07, 6.45) is 2.71. The van der Waals surface area contributed by atoms with Crippen LogP contribution in [0.5, 0.6) is 0 Å². The summed E-state index contributed by atoms with van der Waals surface area (Å²) >= 11 is 0. The highest BCUT2D eigenvalue weighted by molar-refractivity contribution is 5.67. The molecule has 0 aromatic carbocycles. The highest BCUT2D eigenvalue weighted by Crippen LogP contribution is 2.25. The van der Waals surface area contributed by atoms with Crippen LogP contribution in [0.4, 0.5) is 0 Å². The van der Waals surface area contributed by atoms with Gasteiger partial charge in [0, 0.05) is 27.7 Å². The number of esters is 4. The molecule has 0 aliphatic carbocycles. The van der Waals surface area contributed by atoms with Gasteiger partial charge < -0.3 is 18.9 Å². The van der Waals surface area contributed by atoms with Crippen molar-refractivity contribution in [2.75, 3.05) is 13.2 Å². The van der Waals surface area contributed by atoms with Crippen molar-refractivity contribution in [2.45, 2.75) is 92.8 Å². The summed E-state index contributed by atoms with van der Waals surface area (Å²) in [5.74, 6) is -1.14. The lowest BCUT2D eigenvalue weighted by Gasteiger charge is -2.28. The number of carbonyl (C=O) groups excluding carboxylic acids is 4. The second kappa shape index (κ2) is 15.6. The van der Waals surface area contributed by atoms with Crippen LogP contribution in [0, 0.1) is 17.8 Å². The summed E-state index contributed by atoms with van der Waals surface area (Å²) in [6, 6.07) is 0. The van der Waals surface area contributed by atoms with Gasteiger partial charge in [0.1, 0.15) is 12.2 Å². The number of carbonyl (C=O) groups is 4. The lowest BCUT2D eigenvalue weighted by atomic mass is 9.89. The topological polar surface area (TPSA) is 105 Å². The van der Waals surface area contributed by atoms with Gasteiger partial charge in [0.2, 0.25) is 0 Å². The molecule has 0 aromatic heterocycles. The summed E-state index contributed by atoms with van der Waals surface area (Å²) in [6.45, 7) is 12.0. The highest BCUT2D eigenvalue weighted by Gasteiger charge is 2.25. The van der Waals surface area contributed by atoms with Crippen LogP contribution in [-0.4, -0.2) is 49.3 Å². The molecule has 180 valence electrons. The lowest BCUT2D eigenvalue weighted by molar-refractivity contribution is -0.151. The molecule has 0 radical (unpaired) electrons. The first kappa shape index (κ1) is 28.9. The SMILES string of the molecule is CC(=O)OCCC(CCC(OC(C)=O)C(C)CCC(OC(C)=O)C(C)C)COC(C)=O. The molecule has 4 atom stereocenters. The Balaban J connectivity index is 4.94. The van der Waals surface area contributed by atoms with E-state index in [-0.39, 0.29) is 67.1 Å². The Morgan fingerprint density at radius 3 is 1.61 bits per heavy atom. The van der Waals surface area contributed by atoms with Gasteiger partial charge in [0.25, 0.3) is 0 Å². The standard InChI is InChI=1S/C23H40O8/c1-15(2)22(30-19(6)26)10-8-16(3)23(31-20(7)27)11-9-21(14-29-18(5)25)12-13-28-17(4)24/h15-16,21-23H,8-14H2,1-7H3. The van der Waals surface area contributed by atoms with Crippen LogP contribution in [0.3, 0.4) is 0 Å². The predicted octanol–water partition coefficient (Wildman–Crippen LogP) is 3.83. The molecule has 0 heterocycles. The van der Waals surface area contributed by atoms with Gasteiger partial charge in [0.15, 0.2) is 0 Å². The Morgan fingerprint density at radius 2 is 1.13 bits per heavy atom. The summed E-state index contributed by atoms with van der Waals surface area (Å²) in [5.41, 5.74) is 0. The quantitative estimate of drug-likeness (QED) is 0.277. The van der Waals surface area contributed by atoms with Crippen LogP contribution in [-0.2, 0) is 38.1 Å². The molecule has 0 aliphatic rings. The Hall–Kier alpha value is -2.12. The molecule has 0 aliphatic heterocycles. The lowest BCUT2D eigenvalue weighted by Crippen LogP contribution is -2.29. The van der Waals surface area contributed by atoms with Crippen LogP contribution in [0.15, 0.2) is 0 Å². The molecule has 0 N–H and O–H groups in total. The van der Waals surface area contributed by atoms with Gasteiger partial charge in [-0.05, 0) is 49.9 Å². The molecule has 0 rings (SSSR count). The van der Waals surface area contributed by atoms with E-state index in [2.05, 4.69) is 0 Å². The minimum atomic E-state index is -0.368. The van der Waals surface area contributed by atoms with Crippen molar-refractivity contribution in [1.29, 1.82) is 0 Å². The Kier molecular flexibility index (Phi) is 14.6. The van der Waals surface area contributed by atoms with Gasteiger partial charge in [-0.1, -0.05) is 20.8 Å². The molecule has 0 bridgehead atoms. The number of hydrogen-bond acceptors (Lipinski definition) is 8. The van der Waals surface area contributed by atoms with Crippen LogP contribution in [0.1, 0.15) is 80.6 Å². The maximum Gasteiger partial charge on any atom is 0.302 e. The van der Waals surface area contributed by atoms with Crippen molar-refractivity contribution in [3.8, 4) is 0 Å². The first-order chi connectivity index (χ1) is 14.4. The number of rotatable bonds is 15. The minimum Gasteiger partial charge on any atom is -0.466 e. The molecular weight excluding hydrogens is 404 g/mol. The van der Waals surface area contributed by atoms with Gasteiger partial charge >= 0.3 is 23.9 Å². The van der Waals surface area contributed by atoms with Crippen molar-refractivity contribution >= 4 is 23.9 Å².